The molecule has 0 aliphatic carbocycles. The van der Waals surface area contributed by atoms with Crippen LogP contribution in [-0.4, -0.2) is 111 Å². The first-order valence-corrected chi connectivity index (χ1v) is 17.9. The Balaban J connectivity index is 0.00000125. The van der Waals surface area contributed by atoms with Gasteiger partial charge in [0.2, 0.25) is 13.8 Å². The van der Waals surface area contributed by atoms with Crippen LogP contribution in [-0.2, 0) is 54.8 Å². The third kappa shape index (κ3) is 16.7. The van der Waals surface area contributed by atoms with Gasteiger partial charge in [-0.05, 0) is 96.8 Å². The predicted molar refractivity (Wildman–Crippen MR) is 208 cm³/mol. The average Bonchev–Trinajstić information content (AvgIpc) is 3.19. The number of carboxylic acid groups (broad SMARTS) is 1. The fourth-order valence-corrected chi connectivity index (χ4v) is 5.75. The summed E-state index contributed by atoms with van der Waals surface area (Å²) in [4.78, 5) is 35.8. The van der Waals surface area contributed by atoms with Crippen molar-refractivity contribution in [2.24, 2.45) is 5.73 Å². The van der Waals surface area contributed by atoms with Crippen molar-refractivity contribution in [3.63, 3.8) is 0 Å². The summed E-state index contributed by atoms with van der Waals surface area (Å²) in [6, 6.07) is 10.2. The number of benzene rings is 4. The first-order chi connectivity index (χ1) is 29.2. The number of hydrogen-bond donors (Lipinski definition) is 4. The second kappa shape index (κ2) is 24.3. The Morgan fingerprint density at radius 1 is 0.597 bits per heavy atom. The number of amides is 2. The molecule has 4 aromatic rings. The van der Waals surface area contributed by atoms with E-state index in [4.69, 9.17) is 23.1 Å². The predicted octanol–water partition coefficient (Wildman–Crippen LogP) is 8.61. The number of nitrogens with one attached hydrogen (secondary N) is 2. The summed E-state index contributed by atoms with van der Waals surface area (Å²) < 4.78 is 194. The van der Waals surface area contributed by atoms with Gasteiger partial charge in [0.15, 0.2) is 11.3 Å². The zero-order valence-electron chi connectivity index (χ0n) is 34.7. The Kier molecular flexibility index (Phi) is 22.8. The van der Waals surface area contributed by atoms with E-state index in [1.165, 1.54) is 26.1 Å². The number of alkyl halides is 12. The van der Waals surface area contributed by atoms with E-state index in [-0.39, 0.29) is 83.1 Å². The van der Waals surface area contributed by atoms with Crippen molar-refractivity contribution in [3.05, 3.63) is 141 Å². The average molecular weight is 1100 g/mol. The monoisotopic (exact) mass is 1100 g/mol. The van der Waals surface area contributed by atoms with E-state index in [2.05, 4.69) is 5.32 Å². The van der Waals surface area contributed by atoms with Gasteiger partial charge in [0.25, 0.3) is 0 Å². The molecule has 4 aromatic carbocycles. The van der Waals surface area contributed by atoms with Crippen molar-refractivity contribution in [1.29, 1.82) is 0 Å². The Hall–Kier alpha value is -4.25. The molecule has 27 heteroatoms. The van der Waals surface area contributed by atoms with E-state index < -0.39 is 124 Å². The van der Waals surface area contributed by atoms with Gasteiger partial charge in [-0.3, -0.25) is 9.59 Å². The zero-order valence-corrected chi connectivity index (χ0v) is 39.1. The minimum Gasteiger partial charge on any atom is -0.870 e. The number of aliphatic carboxylic acids is 1. The van der Waals surface area contributed by atoms with Crippen LogP contribution in [0.3, 0.4) is 0 Å². The quantitative estimate of drug-likeness (QED) is 0.0748. The summed E-state index contributed by atoms with van der Waals surface area (Å²) in [7, 11) is 6.32. The first kappa shape index (κ1) is 62.7. The van der Waals surface area contributed by atoms with Gasteiger partial charge in [-0.2, -0.15) is 52.7 Å². The SMILES string of the molecule is CNC(=O)[C@@](N)(CO[C@H](C)c1cc(C(F)(F)F)cc(C(F)(F)F)c1)c1ccc(F)cc1.[B]C(=O)N[C@@](CO[C@H](C)c1cc(C(F)(F)F)cc(C(F)(F)F)c1)(C(=O)O)c1ccc(F)cc1.[Ba+2].[OH-].[OH-]. The van der Waals surface area contributed by atoms with Gasteiger partial charge >= 0.3 is 79.6 Å². The molecule has 2 amide bonds. The molecular formula is C40H36BBaF14N3O8. The Bertz CT molecular complexity index is 2220. The third-order valence-corrected chi connectivity index (χ3v) is 9.30. The van der Waals surface area contributed by atoms with Crippen molar-refractivity contribution in [1.82, 2.24) is 10.6 Å². The molecule has 0 spiro atoms. The van der Waals surface area contributed by atoms with Gasteiger partial charge in [0.05, 0.1) is 47.7 Å². The summed E-state index contributed by atoms with van der Waals surface area (Å²) in [6.07, 6.45) is -23.0. The number of carbonyl (C=O) groups excluding carboxylic acids is 2. The molecule has 0 saturated carbocycles. The van der Waals surface area contributed by atoms with Gasteiger partial charge in [0.1, 0.15) is 17.2 Å². The second-order valence-corrected chi connectivity index (χ2v) is 13.8. The van der Waals surface area contributed by atoms with Crippen LogP contribution >= 0.6 is 0 Å². The van der Waals surface area contributed by atoms with Crippen LogP contribution in [0.15, 0.2) is 84.9 Å². The largest absolute Gasteiger partial charge is 2.00 e. The Morgan fingerprint density at radius 3 is 1.19 bits per heavy atom. The number of hydrogen-bond acceptors (Lipinski definition) is 8. The van der Waals surface area contributed by atoms with Gasteiger partial charge in [-0.25, -0.2) is 13.6 Å². The molecule has 67 heavy (non-hydrogen) atoms. The number of halogens is 14. The fraction of sp³-hybridized carbons (Fsp3) is 0.325. The smallest absolute Gasteiger partial charge is 0.870 e. The van der Waals surface area contributed by atoms with Crippen molar-refractivity contribution in [3.8, 4) is 0 Å². The van der Waals surface area contributed by atoms with Crippen LogP contribution in [0, 0.1) is 11.6 Å². The van der Waals surface area contributed by atoms with E-state index in [1.54, 1.807) is 0 Å². The molecule has 4 rings (SSSR count). The molecule has 0 bridgehead atoms. The van der Waals surface area contributed by atoms with Crippen LogP contribution in [0.25, 0.3) is 0 Å². The molecule has 0 unspecified atom stereocenters. The molecule has 0 aliphatic heterocycles. The number of rotatable bonds is 13. The van der Waals surface area contributed by atoms with Crippen molar-refractivity contribution < 1.29 is 101 Å². The maximum atomic E-state index is 13.3. The summed E-state index contributed by atoms with van der Waals surface area (Å²) in [5.41, 5.74) is -5.31. The number of carboxylic acids is 1. The molecule has 0 saturated heterocycles. The van der Waals surface area contributed by atoms with Crippen LogP contribution in [0.2, 0.25) is 0 Å². The minimum atomic E-state index is -5.10. The molecule has 0 fully saturated rings. The summed E-state index contributed by atoms with van der Waals surface area (Å²) >= 11 is 0. The van der Waals surface area contributed by atoms with E-state index in [0.29, 0.717) is 24.3 Å². The van der Waals surface area contributed by atoms with Gasteiger partial charge in [-0.15, -0.1) is 0 Å². The summed E-state index contributed by atoms with van der Waals surface area (Å²) in [6.45, 7) is 0.758. The van der Waals surface area contributed by atoms with Crippen molar-refractivity contribution >= 4 is 74.4 Å². The van der Waals surface area contributed by atoms with Crippen LogP contribution in [0.4, 0.5) is 66.3 Å². The van der Waals surface area contributed by atoms with E-state index in [0.717, 1.165) is 43.3 Å². The number of ether oxygens (including phenoxy) is 2. The van der Waals surface area contributed by atoms with Crippen molar-refractivity contribution in [2.45, 2.75) is 61.8 Å². The number of nitrogens with two attached hydrogens (primary N) is 1. The maximum Gasteiger partial charge on any atom is 2.00 e. The number of carbonyl (C=O) groups is 3. The maximum absolute atomic E-state index is 13.3. The van der Waals surface area contributed by atoms with Crippen LogP contribution < -0.4 is 16.4 Å². The van der Waals surface area contributed by atoms with Crippen LogP contribution in [0.1, 0.15) is 70.6 Å². The van der Waals surface area contributed by atoms with Crippen LogP contribution in [0.5, 0.6) is 0 Å². The van der Waals surface area contributed by atoms with Gasteiger partial charge in [0, 0.05) is 7.05 Å². The second-order valence-electron chi connectivity index (χ2n) is 13.8. The van der Waals surface area contributed by atoms with E-state index in [9.17, 15) is 81.0 Å². The molecule has 2 radical (unpaired) electrons. The molecule has 11 nitrogen and oxygen atoms in total. The molecule has 0 heterocycles. The normalized spacial score (nSPS) is 14.4. The van der Waals surface area contributed by atoms with E-state index in [1.807, 2.05) is 5.32 Å². The third-order valence-electron chi connectivity index (χ3n) is 9.30. The topological polar surface area (TPSA) is 200 Å². The Morgan fingerprint density at radius 2 is 0.910 bits per heavy atom. The molecular weight excluding hydrogens is 1060 g/mol. The summed E-state index contributed by atoms with van der Waals surface area (Å²) in [5, 5.41) is 14.0. The molecule has 4 atom stereocenters. The number of likely N-dealkylation sites (N-methyl/N-ethyl adjacent to an activating group) is 1. The van der Waals surface area contributed by atoms with Crippen molar-refractivity contribution in [2.75, 3.05) is 20.3 Å². The van der Waals surface area contributed by atoms with E-state index >= 15 is 0 Å². The molecule has 7 N–H and O–H groups in total. The van der Waals surface area contributed by atoms with Gasteiger partial charge in [-0.1, -0.05) is 24.3 Å². The Labute approximate surface area is 412 Å². The zero-order chi connectivity index (χ0) is 48.8. The first-order valence-electron chi connectivity index (χ1n) is 17.9. The van der Waals surface area contributed by atoms with Gasteiger partial charge < -0.3 is 41.9 Å². The molecule has 362 valence electrons. The molecule has 0 aromatic heterocycles. The standard InChI is InChI=1S/C20H15BF7NO4.C20H19F7N2O2.Ba.2H2O/c1-10(11-6-13(19(23,24)25)8-14(7-11)20(26,27)28)33-9-18(16(30)31,29-17(21)32)12-2-4-15(22)5-3-12;1-11(12-7-14(19(22,23)24)9-15(8-12)20(25,26)27)31-10-18(28,17(30)29-2)13-3-5-16(21)6-4-13;;;/h2-8,10H,9H2,1H3,(H,29,32)(H,30,31);3-9,11H,10,28H2,1-2H3,(H,29,30);;2*1H2/q;;+2;;/p-2/t10-,18-;11-,18-;;;/m11.../s1. The molecule has 0 aliphatic rings. The minimum absolute atomic E-state index is 0. The summed E-state index contributed by atoms with van der Waals surface area (Å²) in [5.74, 6) is -5.13. The fourth-order valence-electron chi connectivity index (χ4n) is 5.75.